The van der Waals surface area contributed by atoms with Gasteiger partial charge in [-0.25, -0.2) is 0 Å². The van der Waals surface area contributed by atoms with Crippen molar-refractivity contribution in [1.29, 1.82) is 0 Å². The Bertz CT molecular complexity index is 1600. The number of phenols is 2. The van der Waals surface area contributed by atoms with E-state index in [1.165, 1.54) is 19.9 Å². The van der Waals surface area contributed by atoms with Gasteiger partial charge in [0.15, 0.2) is 17.3 Å². The molecule has 1 atom stereocenters. The Morgan fingerprint density at radius 1 is 1.03 bits per heavy atom. The molecule has 0 aromatic heterocycles. The van der Waals surface area contributed by atoms with Gasteiger partial charge in [0, 0.05) is 23.9 Å². The summed E-state index contributed by atoms with van der Waals surface area (Å²) in [5.74, 6) is -2.37. The molecule has 1 aliphatic carbocycles. The standard InChI is InChI=1S/C30H27NO6/c1-15-26(34)24(17(3)32)28-25(27(15)35)30(4)22(37-28)14-21(33)23(29(30)36)16(2)31-12-11-18-9-10-19-7-5-6-8-20(19)13-18/h5-10,13-14,31,34-35H,11-12H2,1-4H3/t30-/m0/s1. The number of phenolic OH excluding ortho intramolecular Hbond substituents is 2. The summed E-state index contributed by atoms with van der Waals surface area (Å²) in [6.07, 6.45) is 1.91. The van der Waals surface area contributed by atoms with Crippen LogP contribution in [0.3, 0.4) is 0 Å². The molecule has 0 unspecified atom stereocenters. The Hall–Kier alpha value is -4.39. The van der Waals surface area contributed by atoms with Crippen molar-refractivity contribution in [1.82, 2.24) is 5.32 Å². The van der Waals surface area contributed by atoms with Crippen LogP contribution < -0.4 is 10.1 Å². The number of benzene rings is 3. The van der Waals surface area contributed by atoms with Crippen LogP contribution in [0.15, 0.2) is 65.6 Å². The first-order chi connectivity index (χ1) is 17.6. The number of allylic oxidation sites excluding steroid dienone is 4. The maximum Gasteiger partial charge on any atom is 0.194 e. The van der Waals surface area contributed by atoms with Crippen LogP contribution in [0.1, 0.15) is 47.8 Å². The third kappa shape index (κ3) is 3.61. The minimum atomic E-state index is -1.52. The number of Topliss-reactive ketones (excluding diaryl/α,β-unsaturated/α-hetero) is 2. The molecule has 0 amide bonds. The lowest BCUT2D eigenvalue weighted by Crippen LogP contribution is -2.41. The van der Waals surface area contributed by atoms with E-state index in [1.54, 1.807) is 13.8 Å². The number of aromatic hydroxyl groups is 2. The number of carbonyl (C=O) groups excluding carboxylic acids is 3. The van der Waals surface area contributed by atoms with Crippen molar-refractivity contribution in [3.05, 3.63) is 87.8 Å². The van der Waals surface area contributed by atoms with E-state index in [0.717, 1.165) is 16.3 Å². The molecule has 2 aliphatic rings. The van der Waals surface area contributed by atoms with E-state index in [0.29, 0.717) is 18.7 Å². The highest BCUT2D eigenvalue weighted by Gasteiger charge is 2.56. The average molecular weight is 498 g/mol. The number of fused-ring (bicyclic) bond motifs is 4. The van der Waals surface area contributed by atoms with Crippen molar-refractivity contribution in [2.75, 3.05) is 6.54 Å². The summed E-state index contributed by atoms with van der Waals surface area (Å²) < 4.78 is 5.80. The molecular weight excluding hydrogens is 470 g/mol. The first-order valence-corrected chi connectivity index (χ1v) is 12.1. The second-order valence-corrected chi connectivity index (χ2v) is 9.74. The molecule has 3 N–H and O–H groups in total. The molecule has 0 saturated heterocycles. The predicted molar refractivity (Wildman–Crippen MR) is 139 cm³/mol. The minimum Gasteiger partial charge on any atom is -0.507 e. The molecule has 7 heteroatoms. The first kappa shape index (κ1) is 24.3. The second kappa shape index (κ2) is 8.62. The van der Waals surface area contributed by atoms with E-state index in [9.17, 15) is 24.6 Å². The fourth-order valence-electron chi connectivity index (χ4n) is 5.24. The van der Waals surface area contributed by atoms with Gasteiger partial charge in [0.05, 0.1) is 11.1 Å². The van der Waals surface area contributed by atoms with Crippen LogP contribution >= 0.6 is 0 Å². The maximum atomic E-state index is 13.9. The normalized spacial score (nSPS) is 19.7. The van der Waals surface area contributed by atoms with E-state index in [-0.39, 0.29) is 39.5 Å². The number of nitrogens with one attached hydrogen (secondary N) is 1. The zero-order valence-corrected chi connectivity index (χ0v) is 21.1. The zero-order valence-electron chi connectivity index (χ0n) is 21.1. The Morgan fingerprint density at radius 3 is 2.43 bits per heavy atom. The van der Waals surface area contributed by atoms with Crippen LogP contribution in [0.25, 0.3) is 10.8 Å². The summed E-state index contributed by atoms with van der Waals surface area (Å²) in [4.78, 5) is 39.2. The highest BCUT2D eigenvalue weighted by Crippen LogP contribution is 2.57. The quantitative estimate of drug-likeness (QED) is 0.269. The van der Waals surface area contributed by atoms with Crippen LogP contribution in [0.4, 0.5) is 0 Å². The second-order valence-electron chi connectivity index (χ2n) is 9.74. The molecule has 3 aromatic rings. The van der Waals surface area contributed by atoms with Gasteiger partial charge in [0.1, 0.15) is 34.0 Å². The van der Waals surface area contributed by atoms with Crippen LogP contribution in [-0.2, 0) is 21.4 Å². The van der Waals surface area contributed by atoms with Gasteiger partial charge in [0.2, 0.25) is 0 Å². The molecule has 7 nitrogen and oxygen atoms in total. The summed E-state index contributed by atoms with van der Waals surface area (Å²) in [5, 5.41) is 26.9. The molecule has 0 bridgehead atoms. The van der Waals surface area contributed by atoms with Gasteiger partial charge in [0.25, 0.3) is 0 Å². The molecule has 1 heterocycles. The van der Waals surface area contributed by atoms with Crippen molar-refractivity contribution in [3.63, 3.8) is 0 Å². The monoisotopic (exact) mass is 497 g/mol. The molecule has 0 radical (unpaired) electrons. The highest BCUT2D eigenvalue weighted by molar-refractivity contribution is 6.31. The number of carbonyl (C=O) groups is 3. The Balaban J connectivity index is 1.48. The van der Waals surface area contributed by atoms with Gasteiger partial charge in [-0.1, -0.05) is 42.5 Å². The first-order valence-electron chi connectivity index (χ1n) is 12.1. The zero-order chi connectivity index (χ0) is 26.6. The number of hydrogen-bond acceptors (Lipinski definition) is 7. The highest BCUT2D eigenvalue weighted by atomic mass is 16.5. The minimum absolute atomic E-state index is 0.0213. The number of ketones is 3. The third-order valence-corrected chi connectivity index (χ3v) is 7.38. The molecule has 0 saturated carbocycles. The molecule has 1 aliphatic heterocycles. The van der Waals surface area contributed by atoms with Gasteiger partial charge in [-0.15, -0.1) is 0 Å². The Labute approximate surface area is 214 Å². The number of ether oxygens (including phenoxy) is 1. The predicted octanol–water partition coefficient (Wildman–Crippen LogP) is 4.55. The van der Waals surface area contributed by atoms with E-state index < -0.39 is 28.5 Å². The van der Waals surface area contributed by atoms with Crippen molar-refractivity contribution < 1.29 is 29.3 Å². The fraction of sp³-hybridized carbons (Fsp3) is 0.233. The van der Waals surface area contributed by atoms with Crippen molar-refractivity contribution in [3.8, 4) is 17.2 Å². The molecule has 3 aromatic carbocycles. The topological polar surface area (TPSA) is 113 Å². The number of rotatable bonds is 5. The van der Waals surface area contributed by atoms with Gasteiger partial charge < -0.3 is 20.3 Å². The smallest absolute Gasteiger partial charge is 0.194 e. The molecule has 0 fully saturated rings. The largest absolute Gasteiger partial charge is 0.507 e. The lowest BCUT2D eigenvalue weighted by atomic mass is 9.70. The van der Waals surface area contributed by atoms with Gasteiger partial charge in [-0.05, 0) is 50.5 Å². The third-order valence-electron chi connectivity index (χ3n) is 7.38. The molecule has 37 heavy (non-hydrogen) atoms. The Morgan fingerprint density at radius 2 is 1.73 bits per heavy atom. The SMILES string of the molecule is CC(=O)c1c(O)c(C)c(O)c2c1OC1=CC(=O)C(=C(C)NCCc3ccc4ccccc4c3)C(=O)[C@@]12C. The molecular formula is C30H27NO6. The van der Waals surface area contributed by atoms with E-state index in [2.05, 4.69) is 35.6 Å². The van der Waals surface area contributed by atoms with Crippen LogP contribution in [0.2, 0.25) is 0 Å². The lowest BCUT2D eigenvalue weighted by Gasteiger charge is -2.29. The summed E-state index contributed by atoms with van der Waals surface area (Å²) in [6.45, 7) is 6.45. The Kier molecular flexibility index (Phi) is 5.67. The number of hydrogen-bond donors (Lipinski definition) is 3. The van der Waals surface area contributed by atoms with Crippen LogP contribution in [0, 0.1) is 6.92 Å². The summed E-state index contributed by atoms with van der Waals surface area (Å²) >= 11 is 0. The average Bonchev–Trinajstić information content (AvgIpc) is 3.15. The van der Waals surface area contributed by atoms with Crippen molar-refractivity contribution in [2.45, 2.75) is 39.5 Å². The lowest BCUT2D eigenvalue weighted by molar-refractivity contribution is -0.123. The summed E-state index contributed by atoms with van der Waals surface area (Å²) in [6, 6.07) is 14.3. The van der Waals surface area contributed by atoms with Gasteiger partial charge in [-0.2, -0.15) is 0 Å². The van der Waals surface area contributed by atoms with Crippen molar-refractivity contribution in [2.24, 2.45) is 0 Å². The summed E-state index contributed by atoms with van der Waals surface area (Å²) in [7, 11) is 0. The van der Waals surface area contributed by atoms with E-state index >= 15 is 0 Å². The maximum absolute atomic E-state index is 13.9. The van der Waals surface area contributed by atoms with Crippen LogP contribution in [-0.4, -0.2) is 34.1 Å². The van der Waals surface area contributed by atoms with Crippen LogP contribution in [0.5, 0.6) is 17.2 Å². The molecule has 5 rings (SSSR count). The molecule has 188 valence electrons. The van der Waals surface area contributed by atoms with Crippen molar-refractivity contribution >= 4 is 28.1 Å². The molecule has 0 spiro atoms. The van der Waals surface area contributed by atoms with Gasteiger partial charge in [-0.3, -0.25) is 14.4 Å². The van der Waals surface area contributed by atoms with Gasteiger partial charge >= 0.3 is 0 Å². The van der Waals surface area contributed by atoms with E-state index in [1.807, 2.05) is 12.1 Å². The van der Waals surface area contributed by atoms with E-state index in [4.69, 9.17) is 4.74 Å². The fourth-order valence-corrected chi connectivity index (χ4v) is 5.24. The summed E-state index contributed by atoms with van der Waals surface area (Å²) in [5.41, 5.74) is 0.00593.